The lowest BCUT2D eigenvalue weighted by Gasteiger charge is -2.22. The number of carbonyl (C=O) groups excluding carboxylic acids is 1. The first-order valence-electron chi connectivity index (χ1n) is 7.91. The number of rotatable bonds is 9. The van der Waals surface area contributed by atoms with Gasteiger partial charge in [-0.1, -0.05) is 12.1 Å². The Bertz CT molecular complexity index is 517. The fourth-order valence-corrected chi connectivity index (χ4v) is 2.13. The number of ether oxygens (including phenoxy) is 2. The molecule has 0 unspecified atom stereocenters. The molecule has 0 saturated heterocycles. The van der Waals surface area contributed by atoms with Crippen LogP contribution >= 0.6 is 0 Å². The van der Waals surface area contributed by atoms with Crippen LogP contribution in [-0.4, -0.2) is 64.8 Å². The first-order valence-corrected chi connectivity index (χ1v) is 7.91. The average Bonchev–Trinajstić information content (AvgIpc) is 2.59. The summed E-state index contributed by atoms with van der Waals surface area (Å²) in [6.07, 6.45) is 0.388. The minimum Gasteiger partial charge on any atom is -0.497 e. The SMILES string of the molecule is CN=C(NCCC(=O)NCCOC)N(C)Cc1ccc(OC)cc1. The molecule has 0 saturated carbocycles. The molecule has 2 N–H and O–H groups in total. The van der Waals surface area contributed by atoms with Gasteiger partial charge >= 0.3 is 0 Å². The van der Waals surface area contributed by atoms with Gasteiger partial charge in [-0.15, -0.1) is 0 Å². The molecule has 0 atom stereocenters. The summed E-state index contributed by atoms with van der Waals surface area (Å²) in [7, 11) is 6.94. The van der Waals surface area contributed by atoms with Crippen molar-refractivity contribution in [2.75, 3.05) is 48.0 Å². The number of amides is 1. The van der Waals surface area contributed by atoms with E-state index in [2.05, 4.69) is 15.6 Å². The quantitative estimate of drug-likeness (QED) is 0.397. The predicted octanol–water partition coefficient (Wildman–Crippen LogP) is 0.855. The molecule has 0 radical (unpaired) electrons. The Balaban J connectivity index is 2.38. The van der Waals surface area contributed by atoms with Gasteiger partial charge in [-0.3, -0.25) is 9.79 Å². The molecule has 1 aromatic rings. The van der Waals surface area contributed by atoms with Crippen molar-refractivity contribution in [3.05, 3.63) is 29.8 Å². The Morgan fingerprint density at radius 2 is 1.88 bits per heavy atom. The second-order valence-corrected chi connectivity index (χ2v) is 5.27. The van der Waals surface area contributed by atoms with Crippen LogP contribution in [0, 0.1) is 0 Å². The fourth-order valence-electron chi connectivity index (χ4n) is 2.13. The Morgan fingerprint density at radius 1 is 1.17 bits per heavy atom. The van der Waals surface area contributed by atoms with E-state index in [4.69, 9.17) is 9.47 Å². The van der Waals surface area contributed by atoms with Gasteiger partial charge in [-0.05, 0) is 17.7 Å². The summed E-state index contributed by atoms with van der Waals surface area (Å²) in [6, 6.07) is 7.91. The second-order valence-electron chi connectivity index (χ2n) is 5.27. The van der Waals surface area contributed by atoms with E-state index in [1.165, 1.54) is 0 Å². The van der Waals surface area contributed by atoms with E-state index < -0.39 is 0 Å². The first-order chi connectivity index (χ1) is 11.6. The maximum absolute atomic E-state index is 11.6. The van der Waals surface area contributed by atoms with Crippen molar-refractivity contribution in [1.29, 1.82) is 0 Å². The highest BCUT2D eigenvalue weighted by Gasteiger charge is 2.08. The van der Waals surface area contributed by atoms with Crippen molar-refractivity contribution in [3.8, 4) is 5.75 Å². The van der Waals surface area contributed by atoms with Gasteiger partial charge in [0, 0.05) is 47.3 Å². The van der Waals surface area contributed by atoms with E-state index in [0.717, 1.165) is 17.3 Å². The minimum absolute atomic E-state index is 0.00666. The number of nitrogens with one attached hydrogen (secondary N) is 2. The highest BCUT2D eigenvalue weighted by Crippen LogP contribution is 2.12. The molecule has 1 rings (SSSR count). The van der Waals surface area contributed by atoms with Crippen LogP contribution in [-0.2, 0) is 16.1 Å². The third-order valence-corrected chi connectivity index (χ3v) is 3.42. The molecule has 0 aliphatic rings. The Kier molecular flexibility index (Phi) is 9.29. The normalized spacial score (nSPS) is 11.1. The number of guanidine groups is 1. The Labute approximate surface area is 144 Å². The van der Waals surface area contributed by atoms with Crippen molar-refractivity contribution in [2.45, 2.75) is 13.0 Å². The molecule has 0 bridgehead atoms. The number of hydrogen-bond acceptors (Lipinski definition) is 4. The van der Waals surface area contributed by atoms with E-state index in [-0.39, 0.29) is 5.91 Å². The lowest BCUT2D eigenvalue weighted by atomic mass is 10.2. The number of benzene rings is 1. The molecule has 0 aliphatic heterocycles. The number of carbonyl (C=O) groups is 1. The molecule has 134 valence electrons. The van der Waals surface area contributed by atoms with Crippen molar-refractivity contribution in [3.63, 3.8) is 0 Å². The van der Waals surface area contributed by atoms with Crippen LogP contribution in [0.15, 0.2) is 29.3 Å². The minimum atomic E-state index is -0.00666. The molecule has 1 aromatic carbocycles. The molecule has 0 fully saturated rings. The van der Waals surface area contributed by atoms with Crippen LogP contribution in [0.2, 0.25) is 0 Å². The van der Waals surface area contributed by atoms with Gasteiger partial charge in [0.1, 0.15) is 5.75 Å². The van der Waals surface area contributed by atoms with Gasteiger partial charge in [-0.25, -0.2) is 0 Å². The monoisotopic (exact) mass is 336 g/mol. The number of methoxy groups -OCH3 is 2. The zero-order valence-electron chi connectivity index (χ0n) is 15.0. The van der Waals surface area contributed by atoms with Crippen LogP contribution in [0.3, 0.4) is 0 Å². The van der Waals surface area contributed by atoms with Gasteiger partial charge in [0.25, 0.3) is 0 Å². The van der Waals surface area contributed by atoms with Gasteiger partial charge in [0.05, 0.1) is 13.7 Å². The molecular formula is C17H28N4O3. The average molecular weight is 336 g/mol. The van der Waals surface area contributed by atoms with Gasteiger partial charge in [0.15, 0.2) is 5.96 Å². The standard InChI is InChI=1S/C17H28N4O3/c1-18-17(20-10-9-16(22)19-11-12-23-3)21(2)13-14-5-7-15(24-4)8-6-14/h5-8H,9-13H2,1-4H3,(H,18,20)(H,19,22). The molecule has 24 heavy (non-hydrogen) atoms. The van der Waals surface area contributed by atoms with Crippen LogP contribution in [0.1, 0.15) is 12.0 Å². The van der Waals surface area contributed by atoms with E-state index in [1.54, 1.807) is 21.3 Å². The van der Waals surface area contributed by atoms with E-state index in [1.807, 2.05) is 36.2 Å². The Hall–Kier alpha value is -2.28. The second kappa shape index (κ2) is 11.3. The summed E-state index contributed by atoms with van der Waals surface area (Å²) in [5.74, 6) is 1.58. The van der Waals surface area contributed by atoms with Crippen LogP contribution in [0.5, 0.6) is 5.75 Å². The smallest absolute Gasteiger partial charge is 0.221 e. The van der Waals surface area contributed by atoms with Gasteiger partial charge in [0.2, 0.25) is 5.91 Å². The topological polar surface area (TPSA) is 75.2 Å². The zero-order chi connectivity index (χ0) is 17.8. The molecule has 0 heterocycles. The van der Waals surface area contributed by atoms with E-state index >= 15 is 0 Å². The van der Waals surface area contributed by atoms with E-state index in [0.29, 0.717) is 32.7 Å². The highest BCUT2D eigenvalue weighted by atomic mass is 16.5. The summed E-state index contributed by atoms with van der Waals surface area (Å²) in [5.41, 5.74) is 1.15. The summed E-state index contributed by atoms with van der Waals surface area (Å²) in [5, 5.41) is 5.98. The molecule has 0 spiro atoms. The zero-order valence-corrected chi connectivity index (χ0v) is 15.0. The van der Waals surface area contributed by atoms with Crippen molar-refractivity contribution in [2.24, 2.45) is 4.99 Å². The molecule has 1 amide bonds. The number of hydrogen-bond donors (Lipinski definition) is 2. The number of aliphatic imine (C=N–C) groups is 1. The summed E-state index contributed by atoms with van der Waals surface area (Å²) < 4.78 is 10.0. The van der Waals surface area contributed by atoms with Gasteiger partial charge in [-0.2, -0.15) is 0 Å². The summed E-state index contributed by atoms with van der Waals surface area (Å²) in [6.45, 7) is 2.29. The highest BCUT2D eigenvalue weighted by molar-refractivity contribution is 5.81. The van der Waals surface area contributed by atoms with Crippen molar-refractivity contribution in [1.82, 2.24) is 15.5 Å². The van der Waals surface area contributed by atoms with Crippen molar-refractivity contribution >= 4 is 11.9 Å². The third-order valence-electron chi connectivity index (χ3n) is 3.42. The maximum atomic E-state index is 11.6. The van der Waals surface area contributed by atoms with E-state index in [9.17, 15) is 4.79 Å². The summed E-state index contributed by atoms with van der Waals surface area (Å²) in [4.78, 5) is 17.9. The lowest BCUT2D eigenvalue weighted by Crippen LogP contribution is -2.40. The Morgan fingerprint density at radius 3 is 2.46 bits per heavy atom. The van der Waals surface area contributed by atoms with Crippen LogP contribution in [0.25, 0.3) is 0 Å². The molecule has 0 aliphatic carbocycles. The van der Waals surface area contributed by atoms with Crippen molar-refractivity contribution < 1.29 is 14.3 Å². The summed E-state index contributed by atoms with van der Waals surface area (Å²) >= 11 is 0. The molecule has 7 nitrogen and oxygen atoms in total. The van der Waals surface area contributed by atoms with Crippen LogP contribution < -0.4 is 15.4 Å². The first kappa shape index (κ1) is 19.8. The third kappa shape index (κ3) is 7.32. The molecule has 7 heteroatoms. The van der Waals surface area contributed by atoms with Crippen LogP contribution in [0.4, 0.5) is 0 Å². The van der Waals surface area contributed by atoms with Gasteiger partial charge < -0.3 is 25.0 Å². The largest absolute Gasteiger partial charge is 0.497 e. The maximum Gasteiger partial charge on any atom is 0.221 e. The lowest BCUT2D eigenvalue weighted by molar-refractivity contribution is -0.121. The molecule has 0 aromatic heterocycles. The fraction of sp³-hybridized carbons (Fsp3) is 0.529. The molecular weight excluding hydrogens is 308 g/mol. The predicted molar refractivity (Wildman–Crippen MR) is 95.3 cm³/mol. The number of nitrogens with zero attached hydrogens (tertiary/aromatic N) is 2.